The molecule has 0 aliphatic heterocycles. The lowest BCUT2D eigenvalue weighted by molar-refractivity contribution is 0.0952. The molecule has 2 aromatic carbocycles. The average molecular weight is 356 g/mol. The Kier molecular flexibility index (Phi) is 7.02. The van der Waals surface area contributed by atoms with E-state index in [0.717, 1.165) is 12.0 Å². The van der Waals surface area contributed by atoms with E-state index in [0.29, 0.717) is 24.0 Å². The molecule has 0 saturated heterocycles. The van der Waals surface area contributed by atoms with Crippen molar-refractivity contribution in [1.82, 2.24) is 5.43 Å². The fraction of sp³-hybridized carbons (Fsp3) is 0.300. The number of nitrogens with zero attached hydrogens (tertiary/aromatic N) is 1. The van der Waals surface area contributed by atoms with E-state index in [2.05, 4.69) is 24.4 Å². The van der Waals surface area contributed by atoms with Gasteiger partial charge in [-0.1, -0.05) is 26.0 Å². The van der Waals surface area contributed by atoms with Crippen LogP contribution in [0.5, 0.6) is 17.2 Å². The Labute approximate surface area is 153 Å². The van der Waals surface area contributed by atoms with Crippen LogP contribution in [0.3, 0.4) is 0 Å². The van der Waals surface area contributed by atoms with Gasteiger partial charge in [-0.2, -0.15) is 5.10 Å². The molecule has 0 fully saturated rings. The molecule has 0 aliphatic carbocycles. The number of methoxy groups -OCH3 is 1. The van der Waals surface area contributed by atoms with Crippen LogP contribution in [0.1, 0.15) is 36.2 Å². The number of carbonyl (C=O) groups is 1. The molecule has 138 valence electrons. The molecule has 6 heteroatoms. The molecule has 0 atom stereocenters. The Morgan fingerprint density at radius 1 is 1.23 bits per heavy atom. The highest BCUT2D eigenvalue weighted by Gasteiger charge is 2.09. The summed E-state index contributed by atoms with van der Waals surface area (Å²) in [4.78, 5) is 12.0. The zero-order chi connectivity index (χ0) is 18.9. The Bertz CT molecular complexity index is 772. The van der Waals surface area contributed by atoms with Gasteiger partial charge in [0.25, 0.3) is 5.91 Å². The number of phenols is 1. The monoisotopic (exact) mass is 356 g/mol. The molecule has 2 N–H and O–H groups in total. The third-order valence-electron chi connectivity index (χ3n) is 3.67. The van der Waals surface area contributed by atoms with Gasteiger partial charge in [0, 0.05) is 0 Å². The zero-order valence-corrected chi connectivity index (χ0v) is 15.2. The summed E-state index contributed by atoms with van der Waals surface area (Å²) < 4.78 is 11.1. The second-order valence-electron chi connectivity index (χ2n) is 6.16. The summed E-state index contributed by atoms with van der Waals surface area (Å²) in [6, 6.07) is 11.7. The highest BCUT2D eigenvalue weighted by molar-refractivity contribution is 5.97. The minimum Gasteiger partial charge on any atom is -0.507 e. The maximum atomic E-state index is 12.0. The first-order chi connectivity index (χ1) is 12.5. The fourth-order valence-electron chi connectivity index (χ4n) is 2.18. The molecule has 0 aliphatic rings. The third kappa shape index (κ3) is 5.51. The van der Waals surface area contributed by atoms with Crippen molar-refractivity contribution in [3.8, 4) is 17.2 Å². The van der Waals surface area contributed by atoms with Crippen molar-refractivity contribution in [2.45, 2.75) is 20.3 Å². The van der Waals surface area contributed by atoms with E-state index in [4.69, 9.17) is 9.47 Å². The molecule has 2 rings (SSSR count). The fourth-order valence-corrected chi connectivity index (χ4v) is 2.18. The Hall–Kier alpha value is -3.02. The number of phenolic OH excluding ortho intramolecular Hbond substituents is 1. The van der Waals surface area contributed by atoms with Crippen molar-refractivity contribution >= 4 is 12.1 Å². The van der Waals surface area contributed by atoms with Gasteiger partial charge in [0.15, 0.2) is 11.5 Å². The summed E-state index contributed by atoms with van der Waals surface area (Å²) in [5, 5.41) is 13.6. The van der Waals surface area contributed by atoms with Crippen molar-refractivity contribution in [2.24, 2.45) is 11.0 Å². The van der Waals surface area contributed by atoms with E-state index in [1.54, 1.807) is 25.3 Å². The van der Waals surface area contributed by atoms with E-state index in [9.17, 15) is 9.90 Å². The Morgan fingerprint density at radius 3 is 2.69 bits per heavy atom. The number of carbonyl (C=O) groups excluding carboxylic acids is 1. The molecule has 26 heavy (non-hydrogen) atoms. The molecule has 0 radical (unpaired) electrons. The number of benzene rings is 2. The number of hydrazone groups is 1. The minimum absolute atomic E-state index is 0.0928. The maximum absolute atomic E-state index is 12.0. The lowest BCUT2D eigenvalue weighted by atomic mass is 10.1. The van der Waals surface area contributed by atoms with Crippen LogP contribution in [0, 0.1) is 5.92 Å². The number of rotatable bonds is 8. The van der Waals surface area contributed by atoms with E-state index < -0.39 is 5.91 Å². The van der Waals surface area contributed by atoms with Gasteiger partial charge < -0.3 is 14.6 Å². The second kappa shape index (κ2) is 9.46. The van der Waals surface area contributed by atoms with Crippen LogP contribution in [0.4, 0.5) is 0 Å². The van der Waals surface area contributed by atoms with Crippen LogP contribution in [0.15, 0.2) is 47.6 Å². The van der Waals surface area contributed by atoms with Crippen LogP contribution in [-0.2, 0) is 0 Å². The molecule has 0 bridgehead atoms. The molecule has 0 spiro atoms. The predicted octanol–water partition coefficient (Wildman–Crippen LogP) is 3.59. The topological polar surface area (TPSA) is 80.2 Å². The number of nitrogens with one attached hydrogen (secondary N) is 1. The van der Waals surface area contributed by atoms with E-state index in [1.807, 2.05) is 12.1 Å². The second-order valence-corrected chi connectivity index (χ2v) is 6.16. The third-order valence-corrected chi connectivity index (χ3v) is 3.67. The highest BCUT2D eigenvalue weighted by atomic mass is 16.5. The van der Waals surface area contributed by atoms with Crippen LogP contribution in [0.25, 0.3) is 0 Å². The molecular formula is C20H24N2O4. The van der Waals surface area contributed by atoms with Gasteiger partial charge in [0.05, 0.1) is 25.5 Å². The quantitative estimate of drug-likeness (QED) is 0.559. The van der Waals surface area contributed by atoms with E-state index in [1.165, 1.54) is 18.3 Å². The molecule has 6 nitrogen and oxygen atoms in total. The Balaban J connectivity index is 1.99. The van der Waals surface area contributed by atoms with Crippen LogP contribution < -0.4 is 14.9 Å². The number of aromatic hydroxyl groups is 1. The van der Waals surface area contributed by atoms with Gasteiger partial charge in [-0.15, -0.1) is 0 Å². The number of ether oxygens (including phenoxy) is 2. The van der Waals surface area contributed by atoms with E-state index >= 15 is 0 Å². The first-order valence-corrected chi connectivity index (χ1v) is 8.43. The number of para-hydroxylation sites is 1. The first-order valence-electron chi connectivity index (χ1n) is 8.43. The molecular weight excluding hydrogens is 332 g/mol. The molecule has 2 aromatic rings. The normalized spacial score (nSPS) is 10.9. The highest BCUT2D eigenvalue weighted by Crippen LogP contribution is 2.28. The summed E-state index contributed by atoms with van der Waals surface area (Å²) in [5.74, 6) is 1.26. The lowest BCUT2D eigenvalue weighted by Gasteiger charge is -2.12. The van der Waals surface area contributed by atoms with Crippen molar-refractivity contribution in [3.05, 3.63) is 53.6 Å². The number of amides is 1. The summed E-state index contributed by atoms with van der Waals surface area (Å²) in [6.07, 6.45) is 2.46. The lowest BCUT2D eigenvalue weighted by Crippen LogP contribution is -2.17. The molecule has 0 saturated carbocycles. The Morgan fingerprint density at radius 2 is 2.00 bits per heavy atom. The van der Waals surface area contributed by atoms with Gasteiger partial charge in [0.2, 0.25) is 0 Å². The summed E-state index contributed by atoms with van der Waals surface area (Å²) in [5.41, 5.74) is 3.29. The van der Waals surface area contributed by atoms with E-state index in [-0.39, 0.29) is 11.3 Å². The van der Waals surface area contributed by atoms with Gasteiger partial charge in [-0.25, -0.2) is 5.43 Å². The molecule has 0 unspecified atom stereocenters. The largest absolute Gasteiger partial charge is 0.507 e. The minimum atomic E-state index is -0.486. The SMILES string of the molecule is COc1cc(/C=N\NC(=O)c2ccccc2O)ccc1OCCC(C)C. The summed E-state index contributed by atoms with van der Waals surface area (Å²) in [7, 11) is 1.57. The molecule has 1 amide bonds. The standard InChI is InChI=1S/C20H24N2O4/c1-14(2)10-11-26-18-9-8-15(12-19(18)25-3)13-21-22-20(24)16-6-4-5-7-17(16)23/h4-9,12-14,23H,10-11H2,1-3H3,(H,22,24)/b21-13-. The van der Waals surface area contributed by atoms with Crippen LogP contribution in [0.2, 0.25) is 0 Å². The molecule has 0 heterocycles. The zero-order valence-electron chi connectivity index (χ0n) is 15.2. The van der Waals surface area contributed by atoms with Gasteiger partial charge in [-0.3, -0.25) is 4.79 Å². The maximum Gasteiger partial charge on any atom is 0.275 e. The van der Waals surface area contributed by atoms with Crippen LogP contribution >= 0.6 is 0 Å². The van der Waals surface area contributed by atoms with Crippen LogP contribution in [-0.4, -0.2) is 30.9 Å². The summed E-state index contributed by atoms with van der Waals surface area (Å²) in [6.45, 7) is 4.91. The predicted molar refractivity (Wildman–Crippen MR) is 101 cm³/mol. The first kappa shape index (κ1) is 19.3. The summed E-state index contributed by atoms with van der Waals surface area (Å²) >= 11 is 0. The van der Waals surface area contributed by atoms with Crippen molar-refractivity contribution < 1.29 is 19.4 Å². The van der Waals surface area contributed by atoms with Gasteiger partial charge in [-0.05, 0) is 48.2 Å². The smallest absolute Gasteiger partial charge is 0.275 e. The van der Waals surface area contributed by atoms with Gasteiger partial charge in [0.1, 0.15) is 5.75 Å². The molecule has 0 aromatic heterocycles. The van der Waals surface area contributed by atoms with Crippen molar-refractivity contribution in [1.29, 1.82) is 0 Å². The van der Waals surface area contributed by atoms with Gasteiger partial charge >= 0.3 is 0 Å². The number of hydrogen-bond donors (Lipinski definition) is 2. The average Bonchev–Trinajstić information content (AvgIpc) is 2.62. The van der Waals surface area contributed by atoms with Crippen molar-refractivity contribution in [2.75, 3.05) is 13.7 Å². The van der Waals surface area contributed by atoms with Crippen molar-refractivity contribution in [3.63, 3.8) is 0 Å². The number of hydrogen-bond acceptors (Lipinski definition) is 5.